The summed E-state index contributed by atoms with van der Waals surface area (Å²) in [5, 5.41) is 0. The average molecular weight is 208 g/mol. The van der Waals surface area contributed by atoms with Gasteiger partial charge >= 0.3 is 6.09 Å². The lowest BCUT2D eigenvalue weighted by molar-refractivity contribution is 0.0626. The lowest BCUT2D eigenvalue weighted by Gasteiger charge is -2.27. The summed E-state index contributed by atoms with van der Waals surface area (Å²) < 4.78 is 6.57. The minimum Gasteiger partial charge on any atom is -0.441 e. The third-order valence-electron chi connectivity index (χ3n) is 2.01. The van der Waals surface area contributed by atoms with Crippen LogP contribution in [0.1, 0.15) is 20.8 Å². The molecule has 15 heavy (non-hydrogen) atoms. The molecule has 1 heterocycles. The van der Waals surface area contributed by atoms with Crippen molar-refractivity contribution in [1.29, 1.82) is 0 Å². The standard InChI is InChI=1S/C11H16N2O2/c1-5-9(11(2,3)4)15-10(14)13-7-6-12-8-13/h5-9H,1H2,2-4H3. The molecular formula is C11H16N2O2. The van der Waals surface area contributed by atoms with Crippen LogP contribution in [0.5, 0.6) is 0 Å². The summed E-state index contributed by atoms with van der Waals surface area (Å²) in [5.41, 5.74) is -0.155. The van der Waals surface area contributed by atoms with Gasteiger partial charge in [0.25, 0.3) is 0 Å². The minimum atomic E-state index is -0.438. The smallest absolute Gasteiger partial charge is 0.419 e. The van der Waals surface area contributed by atoms with E-state index >= 15 is 0 Å². The molecule has 0 saturated heterocycles. The molecule has 1 aromatic rings. The van der Waals surface area contributed by atoms with Crippen molar-refractivity contribution in [3.8, 4) is 0 Å². The first-order valence-corrected chi connectivity index (χ1v) is 4.76. The Balaban J connectivity index is 2.69. The molecule has 0 bridgehead atoms. The van der Waals surface area contributed by atoms with Crippen molar-refractivity contribution in [2.24, 2.45) is 5.41 Å². The molecule has 4 heteroatoms. The number of carbonyl (C=O) groups is 1. The second-order valence-electron chi connectivity index (χ2n) is 4.38. The monoisotopic (exact) mass is 208 g/mol. The zero-order chi connectivity index (χ0) is 11.5. The molecule has 0 aliphatic carbocycles. The van der Waals surface area contributed by atoms with Crippen molar-refractivity contribution in [2.75, 3.05) is 0 Å². The van der Waals surface area contributed by atoms with Gasteiger partial charge in [0, 0.05) is 17.8 Å². The second kappa shape index (κ2) is 4.29. The number of aromatic nitrogens is 2. The molecule has 1 rings (SSSR count). The Labute approximate surface area is 89.6 Å². The molecule has 0 aliphatic rings. The van der Waals surface area contributed by atoms with Crippen molar-refractivity contribution < 1.29 is 9.53 Å². The van der Waals surface area contributed by atoms with Gasteiger partial charge in [-0.25, -0.2) is 14.3 Å². The lowest BCUT2D eigenvalue weighted by Crippen LogP contribution is -2.31. The number of nitrogens with zero attached hydrogens (tertiary/aromatic N) is 2. The van der Waals surface area contributed by atoms with Crippen molar-refractivity contribution >= 4 is 6.09 Å². The van der Waals surface area contributed by atoms with Crippen molar-refractivity contribution in [2.45, 2.75) is 26.9 Å². The molecule has 1 unspecified atom stereocenters. The number of hydrogen-bond donors (Lipinski definition) is 0. The van der Waals surface area contributed by atoms with Gasteiger partial charge in [0.15, 0.2) is 0 Å². The molecule has 0 aliphatic heterocycles. The predicted octanol–water partition coefficient (Wildman–Crippen LogP) is 2.47. The first kappa shape index (κ1) is 11.5. The van der Waals surface area contributed by atoms with Gasteiger partial charge in [0.2, 0.25) is 0 Å². The van der Waals surface area contributed by atoms with Crippen LogP contribution in [0.25, 0.3) is 0 Å². The largest absolute Gasteiger partial charge is 0.441 e. The fourth-order valence-corrected chi connectivity index (χ4v) is 1.12. The van der Waals surface area contributed by atoms with Gasteiger partial charge in [-0.3, -0.25) is 0 Å². The maximum Gasteiger partial charge on any atom is 0.419 e. The van der Waals surface area contributed by atoms with Crippen LogP contribution >= 0.6 is 0 Å². The fraction of sp³-hybridized carbons (Fsp3) is 0.455. The molecule has 1 atom stereocenters. The zero-order valence-electron chi connectivity index (χ0n) is 9.30. The molecule has 0 fully saturated rings. The third-order valence-corrected chi connectivity index (χ3v) is 2.01. The number of imidazole rings is 1. The number of ether oxygens (including phenoxy) is 1. The molecule has 0 radical (unpaired) electrons. The summed E-state index contributed by atoms with van der Waals surface area (Å²) in [6.45, 7) is 9.62. The van der Waals surface area contributed by atoms with Crippen molar-refractivity contribution in [1.82, 2.24) is 9.55 Å². The second-order valence-corrected chi connectivity index (χ2v) is 4.38. The van der Waals surface area contributed by atoms with E-state index in [2.05, 4.69) is 11.6 Å². The molecule has 0 amide bonds. The summed E-state index contributed by atoms with van der Waals surface area (Å²) in [4.78, 5) is 15.3. The predicted molar refractivity (Wildman–Crippen MR) is 57.5 cm³/mol. The summed E-state index contributed by atoms with van der Waals surface area (Å²) in [6, 6.07) is 0. The van der Waals surface area contributed by atoms with Crippen LogP contribution in [-0.4, -0.2) is 21.7 Å². The van der Waals surface area contributed by atoms with E-state index in [1.807, 2.05) is 20.8 Å². The Bertz CT molecular complexity index is 336. The quantitative estimate of drug-likeness (QED) is 0.701. The molecule has 82 valence electrons. The Morgan fingerprint density at radius 3 is 2.67 bits per heavy atom. The van der Waals surface area contributed by atoms with Crippen LogP contribution in [0.15, 0.2) is 31.4 Å². The van der Waals surface area contributed by atoms with Crippen LogP contribution in [0.2, 0.25) is 0 Å². The van der Waals surface area contributed by atoms with Crippen LogP contribution in [-0.2, 0) is 4.74 Å². The van der Waals surface area contributed by atoms with Gasteiger partial charge in [-0.2, -0.15) is 0 Å². The van der Waals surface area contributed by atoms with E-state index in [0.717, 1.165) is 0 Å². The first-order chi connectivity index (χ1) is 6.95. The Hall–Kier alpha value is -1.58. The topological polar surface area (TPSA) is 44.1 Å². The minimum absolute atomic E-state index is 0.155. The third kappa shape index (κ3) is 2.94. The zero-order valence-corrected chi connectivity index (χ0v) is 9.30. The van der Waals surface area contributed by atoms with Gasteiger partial charge in [-0.05, 0) is 0 Å². The Morgan fingerprint density at radius 1 is 1.60 bits per heavy atom. The van der Waals surface area contributed by atoms with Gasteiger partial charge in [-0.15, -0.1) is 0 Å². The molecule has 0 aromatic carbocycles. The number of hydrogen-bond acceptors (Lipinski definition) is 3. The molecule has 0 saturated carbocycles. The van der Waals surface area contributed by atoms with E-state index in [4.69, 9.17) is 4.74 Å². The maximum atomic E-state index is 11.6. The highest BCUT2D eigenvalue weighted by Gasteiger charge is 2.25. The van der Waals surface area contributed by atoms with Gasteiger partial charge in [0.05, 0.1) is 0 Å². The van der Waals surface area contributed by atoms with Gasteiger partial charge < -0.3 is 4.74 Å². The highest BCUT2D eigenvalue weighted by molar-refractivity contribution is 5.70. The SMILES string of the molecule is C=CC(OC(=O)n1ccnc1)C(C)(C)C. The van der Waals surface area contributed by atoms with Crippen molar-refractivity contribution in [3.63, 3.8) is 0 Å². The molecular weight excluding hydrogens is 192 g/mol. The fourth-order valence-electron chi connectivity index (χ4n) is 1.12. The highest BCUT2D eigenvalue weighted by Crippen LogP contribution is 2.23. The van der Waals surface area contributed by atoms with Crippen LogP contribution in [0.4, 0.5) is 4.79 Å². The Kier molecular flexibility index (Phi) is 3.29. The highest BCUT2D eigenvalue weighted by atomic mass is 16.6. The van der Waals surface area contributed by atoms with Gasteiger partial charge in [-0.1, -0.05) is 33.4 Å². The number of rotatable bonds is 2. The summed E-state index contributed by atoms with van der Waals surface area (Å²) in [6.07, 6.45) is 5.37. The van der Waals surface area contributed by atoms with E-state index in [0.29, 0.717) is 0 Å². The van der Waals surface area contributed by atoms with E-state index < -0.39 is 6.09 Å². The van der Waals surface area contributed by atoms with E-state index in [1.54, 1.807) is 12.3 Å². The number of carbonyl (C=O) groups excluding carboxylic acids is 1. The summed E-state index contributed by atoms with van der Waals surface area (Å²) in [5.74, 6) is 0. The van der Waals surface area contributed by atoms with Crippen LogP contribution < -0.4 is 0 Å². The maximum absolute atomic E-state index is 11.6. The van der Waals surface area contributed by atoms with Crippen LogP contribution in [0.3, 0.4) is 0 Å². The normalized spacial score (nSPS) is 13.3. The molecule has 1 aromatic heterocycles. The first-order valence-electron chi connectivity index (χ1n) is 4.76. The molecule has 0 spiro atoms. The van der Waals surface area contributed by atoms with Crippen LogP contribution in [0, 0.1) is 5.41 Å². The lowest BCUT2D eigenvalue weighted by atomic mass is 9.89. The summed E-state index contributed by atoms with van der Waals surface area (Å²) >= 11 is 0. The molecule has 0 N–H and O–H groups in total. The average Bonchev–Trinajstić information content (AvgIpc) is 2.64. The van der Waals surface area contributed by atoms with Gasteiger partial charge in [0.1, 0.15) is 12.4 Å². The Morgan fingerprint density at radius 2 is 2.27 bits per heavy atom. The van der Waals surface area contributed by atoms with E-state index in [-0.39, 0.29) is 11.5 Å². The molecule has 4 nitrogen and oxygen atoms in total. The van der Waals surface area contributed by atoms with E-state index in [9.17, 15) is 4.79 Å². The van der Waals surface area contributed by atoms with Crippen molar-refractivity contribution in [3.05, 3.63) is 31.4 Å². The van der Waals surface area contributed by atoms with E-state index in [1.165, 1.54) is 17.1 Å². The summed E-state index contributed by atoms with van der Waals surface area (Å²) in [7, 11) is 0.